The second kappa shape index (κ2) is 9.21. The second-order valence-electron chi connectivity index (χ2n) is 6.65. The predicted molar refractivity (Wildman–Crippen MR) is 98.5 cm³/mol. The molecular formula is C19H27F2N3O3. The van der Waals surface area contributed by atoms with Gasteiger partial charge in [0.05, 0.1) is 31.4 Å². The van der Waals surface area contributed by atoms with Gasteiger partial charge in [-0.1, -0.05) is 6.07 Å². The lowest BCUT2D eigenvalue weighted by atomic mass is 9.96. The Morgan fingerprint density at radius 1 is 1.30 bits per heavy atom. The van der Waals surface area contributed by atoms with Gasteiger partial charge >= 0.3 is 6.61 Å². The highest BCUT2D eigenvalue weighted by Gasteiger charge is 2.41. The number of hydrogen-bond acceptors (Lipinski definition) is 4. The molecule has 0 aromatic heterocycles. The molecule has 2 N–H and O–H groups in total. The summed E-state index contributed by atoms with van der Waals surface area (Å²) in [6.45, 7) is 2.42. The van der Waals surface area contributed by atoms with Gasteiger partial charge < -0.3 is 24.8 Å². The summed E-state index contributed by atoms with van der Waals surface area (Å²) in [5, 5.41) is 6.70. The van der Waals surface area contributed by atoms with Crippen LogP contribution >= 0.6 is 0 Å². The molecule has 0 saturated carbocycles. The first-order chi connectivity index (χ1) is 13.1. The molecule has 1 aromatic rings. The van der Waals surface area contributed by atoms with Crippen LogP contribution < -0.4 is 20.1 Å². The standard InChI is InChI=1S/C19H27F2N3O3/c1-3-22-19(24-14-10-13-6-8-15(14)26-13)23-11-12-5-7-16(27-18(20)21)17(9-12)25-4-2/h5,7,9,13-15,18H,3-4,6,8,10-11H2,1-2H3,(H2,22,23,24). The number of ether oxygens (including phenoxy) is 3. The monoisotopic (exact) mass is 383 g/mol. The Morgan fingerprint density at radius 2 is 2.15 bits per heavy atom. The number of aliphatic imine (C=N–C) groups is 1. The van der Waals surface area contributed by atoms with Crippen LogP contribution in [0.4, 0.5) is 8.78 Å². The normalized spacial score (nSPS) is 24.3. The van der Waals surface area contributed by atoms with E-state index in [1.165, 1.54) is 6.07 Å². The third-order valence-corrected chi connectivity index (χ3v) is 4.72. The molecule has 2 heterocycles. The Morgan fingerprint density at radius 3 is 2.78 bits per heavy atom. The largest absolute Gasteiger partial charge is 0.490 e. The fourth-order valence-corrected chi connectivity index (χ4v) is 3.57. The van der Waals surface area contributed by atoms with Crippen LogP contribution in [0.2, 0.25) is 0 Å². The smallest absolute Gasteiger partial charge is 0.387 e. The van der Waals surface area contributed by atoms with Gasteiger partial charge in [-0.25, -0.2) is 4.99 Å². The van der Waals surface area contributed by atoms with Gasteiger partial charge in [0.2, 0.25) is 0 Å². The number of halogens is 2. The van der Waals surface area contributed by atoms with Crippen molar-refractivity contribution in [1.29, 1.82) is 0 Å². The molecule has 0 aliphatic carbocycles. The Kier molecular flexibility index (Phi) is 6.71. The average molecular weight is 383 g/mol. The van der Waals surface area contributed by atoms with E-state index in [2.05, 4.69) is 20.4 Å². The fourth-order valence-electron chi connectivity index (χ4n) is 3.57. The lowest BCUT2D eigenvalue weighted by Crippen LogP contribution is -2.47. The fraction of sp³-hybridized carbons (Fsp3) is 0.632. The molecule has 0 amide bonds. The minimum absolute atomic E-state index is 0.0312. The summed E-state index contributed by atoms with van der Waals surface area (Å²) in [6.07, 6.45) is 3.86. The summed E-state index contributed by atoms with van der Waals surface area (Å²) in [5.74, 6) is 1.05. The highest BCUT2D eigenvalue weighted by Crippen LogP contribution is 2.34. The molecular weight excluding hydrogens is 356 g/mol. The predicted octanol–water partition coefficient (Wildman–Crippen LogP) is 3.06. The number of fused-ring (bicyclic) bond motifs is 2. The van der Waals surface area contributed by atoms with Crippen molar-refractivity contribution in [2.24, 2.45) is 4.99 Å². The quantitative estimate of drug-likeness (QED) is 0.534. The van der Waals surface area contributed by atoms with Crippen molar-refractivity contribution in [3.05, 3.63) is 23.8 Å². The second-order valence-corrected chi connectivity index (χ2v) is 6.65. The number of hydrogen-bond donors (Lipinski definition) is 2. The van der Waals surface area contributed by atoms with Crippen LogP contribution in [0, 0.1) is 0 Å². The third kappa shape index (κ3) is 5.22. The topological polar surface area (TPSA) is 64.1 Å². The molecule has 3 atom stereocenters. The molecule has 3 rings (SSSR count). The lowest BCUT2D eigenvalue weighted by Gasteiger charge is -2.22. The van der Waals surface area contributed by atoms with E-state index in [0.29, 0.717) is 25.0 Å². The van der Waals surface area contributed by atoms with Crippen LogP contribution in [0.1, 0.15) is 38.7 Å². The van der Waals surface area contributed by atoms with Crippen molar-refractivity contribution in [2.75, 3.05) is 13.2 Å². The van der Waals surface area contributed by atoms with Crippen LogP contribution in [0.3, 0.4) is 0 Å². The Balaban J connectivity index is 1.66. The molecule has 0 spiro atoms. The zero-order valence-corrected chi connectivity index (χ0v) is 15.7. The van der Waals surface area contributed by atoms with E-state index in [0.717, 1.165) is 37.3 Å². The van der Waals surface area contributed by atoms with Crippen molar-refractivity contribution in [3.63, 3.8) is 0 Å². The molecule has 2 aliphatic heterocycles. The minimum atomic E-state index is -2.89. The van der Waals surface area contributed by atoms with Gasteiger partial charge in [0, 0.05) is 6.54 Å². The molecule has 27 heavy (non-hydrogen) atoms. The van der Waals surface area contributed by atoms with Gasteiger partial charge in [-0.05, 0) is 50.8 Å². The van der Waals surface area contributed by atoms with Crippen molar-refractivity contribution in [2.45, 2.75) is 64.5 Å². The molecule has 3 unspecified atom stereocenters. The van der Waals surface area contributed by atoms with Gasteiger partial charge in [-0.3, -0.25) is 0 Å². The molecule has 8 heteroatoms. The number of rotatable bonds is 8. The van der Waals surface area contributed by atoms with Gasteiger partial charge in [0.15, 0.2) is 17.5 Å². The van der Waals surface area contributed by atoms with E-state index in [-0.39, 0.29) is 17.9 Å². The molecule has 2 saturated heterocycles. The molecule has 2 bridgehead atoms. The summed E-state index contributed by atoms with van der Waals surface area (Å²) in [6, 6.07) is 5.18. The van der Waals surface area contributed by atoms with Gasteiger partial charge in [-0.15, -0.1) is 0 Å². The van der Waals surface area contributed by atoms with Crippen LogP contribution in [-0.4, -0.2) is 44.0 Å². The summed E-state index contributed by atoms with van der Waals surface area (Å²) in [7, 11) is 0. The minimum Gasteiger partial charge on any atom is -0.490 e. The van der Waals surface area contributed by atoms with E-state index < -0.39 is 6.61 Å². The molecule has 150 valence electrons. The number of nitrogens with one attached hydrogen (secondary N) is 2. The Bertz CT molecular complexity index is 657. The maximum Gasteiger partial charge on any atom is 0.387 e. The molecule has 2 aliphatic rings. The SMILES string of the molecule is CCNC(=NCc1ccc(OC(F)F)c(OCC)c1)NC1CC2CCC1O2. The van der Waals surface area contributed by atoms with Crippen LogP contribution in [0.5, 0.6) is 11.5 Å². The molecule has 6 nitrogen and oxygen atoms in total. The van der Waals surface area contributed by atoms with Crippen molar-refractivity contribution >= 4 is 5.96 Å². The van der Waals surface area contributed by atoms with Crippen molar-refractivity contribution < 1.29 is 23.0 Å². The maximum absolute atomic E-state index is 12.5. The number of guanidine groups is 1. The van der Waals surface area contributed by atoms with E-state index in [4.69, 9.17) is 9.47 Å². The Hall–Kier alpha value is -2.09. The van der Waals surface area contributed by atoms with Crippen molar-refractivity contribution in [3.8, 4) is 11.5 Å². The molecule has 0 radical (unpaired) electrons. The van der Waals surface area contributed by atoms with Crippen LogP contribution in [0.15, 0.2) is 23.2 Å². The Labute approximate surface area is 158 Å². The first-order valence-corrected chi connectivity index (χ1v) is 9.49. The van der Waals surface area contributed by atoms with E-state index in [1.54, 1.807) is 19.1 Å². The number of alkyl halides is 2. The average Bonchev–Trinajstić information content (AvgIpc) is 3.24. The zero-order valence-electron chi connectivity index (χ0n) is 15.7. The van der Waals surface area contributed by atoms with Gasteiger partial charge in [0.25, 0.3) is 0 Å². The van der Waals surface area contributed by atoms with Crippen LogP contribution in [0.25, 0.3) is 0 Å². The zero-order chi connectivity index (χ0) is 19.2. The summed E-state index contributed by atoms with van der Waals surface area (Å²) < 4.78 is 40.8. The summed E-state index contributed by atoms with van der Waals surface area (Å²) >= 11 is 0. The first-order valence-electron chi connectivity index (χ1n) is 9.49. The molecule has 2 fully saturated rings. The summed E-state index contributed by atoms with van der Waals surface area (Å²) in [4.78, 5) is 4.62. The van der Waals surface area contributed by atoms with E-state index in [1.807, 2.05) is 6.92 Å². The number of nitrogens with zero attached hydrogens (tertiary/aromatic N) is 1. The maximum atomic E-state index is 12.5. The third-order valence-electron chi connectivity index (χ3n) is 4.72. The summed E-state index contributed by atoms with van der Waals surface area (Å²) in [5.41, 5.74) is 0.849. The van der Waals surface area contributed by atoms with E-state index >= 15 is 0 Å². The highest BCUT2D eigenvalue weighted by atomic mass is 19.3. The first kappa shape index (κ1) is 19.7. The highest BCUT2D eigenvalue weighted by molar-refractivity contribution is 5.80. The van der Waals surface area contributed by atoms with Gasteiger partial charge in [-0.2, -0.15) is 8.78 Å². The lowest BCUT2D eigenvalue weighted by molar-refractivity contribution is -0.0514. The molecule has 1 aromatic carbocycles. The van der Waals surface area contributed by atoms with Gasteiger partial charge in [0.1, 0.15) is 0 Å². The van der Waals surface area contributed by atoms with Crippen molar-refractivity contribution in [1.82, 2.24) is 10.6 Å². The van der Waals surface area contributed by atoms with Crippen LogP contribution in [-0.2, 0) is 11.3 Å². The van der Waals surface area contributed by atoms with E-state index in [9.17, 15) is 8.78 Å². The number of benzene rings is 1.